The van der Waals surface area contributed by atoms with Crippen LogP contribution in [-0.2, 0) is 6.18 Å². The Morgan fingerprint density at radius 2 is 1.80 bits per heavy atom. The number of nitrogens with zero attached hydrogens (tertiary/aromatic N) is 2. The molecule has 1 rings (SSSR count). The highest BCUT2D eigenvalue weighted by atomic mass is 32.1. The molecule has 0 bridgehead atoms. The molecule has 1 heterocycles. The largest absolute Gasteiger partial charge is 0.433 e. The van der Waals surface area contributed by atoms with Crippen molar-refractivity contribution in [3.05, 3.63) is 23.4 Å². The summed E-state index contributed by atoms with van der Waals surface area (Å²) in [6.07, 6.45) is -4.60. The van der Waals surface area contributed by atoms with Gasteiger partial charge in [-0.2, -0.15) is 13.2 Å². The van der Waals surface area contributed by atoms with E-state index in [1.165, 1.54) is 4.90 Å². The number of alkyl halides is 3. The van der Waals surface area contributed by atoms with E-state index in [1.54, 1.807) is 0 Å². The molecule has 0 aliphatic carbocycles. The summed E-state index contributed by atoms with van der Waals surface area (Å²) in [4.78, 5) is 4.70. The Morgan fingerprint density at radius 1 is 1.25 bits per heavy atom. The maximum Gasteiger partial charge on any atom is 0.433 e. The zero-order valence-corrected chi connectivity index (χ0v) is 11.2. The predicted molar refractivity (Wildman–Crippen MR) is 71.5 cm³/mol. The van der Waals surface area contributed by atoms with Crippen LogP contribution in [0.2, 0.25) is 0 Å². The van der Waals surface area contributed by atoms with Gasteiger partial charge in [-0.3, -0.25) is 0 Å². The lowest BCUT2D eigenvalue weighted by molar-refractivity contribution is -0.141. The van der Waals surface area contributed by atoms with Crippen molar-refractivity contribution in [2.24, 2.45) is 5.73 Å². The zero-order valence-electron chi connectivity index (χ0n) is 10.4. The molecule has 0 saturated heterocycles. The molecule has 1 aromatic heterocycles. The molecule has 0 saturated carbocycles. The summed E-state index contributed by atoms with van der Waals surface area (Å²) in [5.74, 6) is -0.101. The van der Waals surface area contributed by atoms with E-state index in [1.807, 2.05) is 0 Å². The topological polar surface area (TPSA) is 82.6 Å². The molecule has 0 radical (unpaired) electrons. The van der Waals surface area contributed by atoms with Gasteiger partial charge < -0.3 is 20.8 Å². The Balaban J connectivity index is 3.33. The number of aromatic nitrogens is 1. The maximum absolute atomic E-state index is 12.7. The first-order valence-electron chi connectivity index (χ1n) is 5.66. The fraction of sp³-hybridized carbons (Fsp3) is 0.455. The van der Waals surface area contributed by atoms with Crippen LogP contribution in [0, 0.1) is 0 Å². The second-order valence-electron chi connectivity index (χ2n) is 3.86. The van der Waals surface area contributed by atoms with Crippen LogP contribution in [0.25, 0.3) is 0 Å². The number of thiocarbonyl (C=S) groups is 1. The molecule has 0 aliphatic heterocycles. The van der Waals surface area contributed by atoms with Crippen molar-refractivity contribution >= 4 is 23.0 Å². The number of aliphatic hydroxyl groups excluding tert-OH is 2. The van der Waals surface area contributed by atoms with Crippen molar-refractivity contribution in [3.63, 3.8) is 0 Å². The van der Waals surface area contributed by atoms with Gasteiger partial charge in [-0.15, -0.1) is 0 Å². The van der Waals surface area contributed by atoms with E-state index >= 15 is 0 Å². The third kappa shape index (κ3) is 4.02. The highest BCUT2D eigenvalue weighted by molar-refractivity contribution is 7.80. The molecule has 9 heteroatoms. The number of hydrogen-bond donors (Lipinski definition) is 3. The Labute approximate surface area is 118 Å². The molecular formula is C11H14F3N3O2S. The minimum Gasteiger partial charge on any atom is -0.395 e. The van der Waals surface area contributed by atoms with Crippen LogP contribution in [-0.4, -0.2) is 46.5 Å². The summed E-state index contributed by atoms with van der Waals surface area (Å²) >= 11 is 4.78. The minimum absolute atomic E-state index is 0.00445. The Bertz CT molecular complexity index is 476. The quantitative estimate of drug-likeness (QED) is 0.665. The Hall–Kier alpha value is -1.45. The van der Waals surface area contributed by atoms with E-state index in [9.17, 15) is 13.2 Å². The Kier molecular flexibility index (Phi) is 5.66. The SMILES string of the molecule is NC(=S)c1ccc(C(F)(F)F)nc1N(CCO)CCO. The fourth-order valence-corrected chi connectivity index (χ4v) is 1.76. The van der Waals surface area contributed by atoms with Gasteiger partial charge in [0.25, 0.3) is 0 Å². The second-order valence-corrected chi connectivity index (χ2v) is 4.30. The average molecular weight is 309 g/mol. The molecule has 0 amide bonds. The normalized spacial score (nSPS) is 11.4. The van der Waals surface area contributed by atoms with Gasteiger partial charge in [0, 0.05) is 13.1 Å². The standard InChI is InChI=1S/C11H14F3N3O2S/c12-11(13,14)8-2-1-7(9(15)20)10(16-8)17(3-5-18)4-6-19/h1-2,18-19H,3-6H2,(H2,15,20). The van der Waals surface area contributed by atoms with E-state index in [-0.39, 0.29) is 42.7 Å². The van der Waals surface area contributed by atoms with Gasteiger partial charge in [-0.25, -0.2) is 4.98 Å². The summed E-state index contributed by atoms with van der Waals surface area (Å²) in [5, 5.41) is 17.9. The van der Waals surface area contributed by atoms with Gasteiger partial charge in [-0.05, 0) is 12.1 Å². The van der Waals surface area contributed by atoms with E-state index in [0.717, 1.165) is 12.1 Å². The zero-order chi connectivity index (χ0) is 15.3. The third-order valence-corrected chi connectivity index (χ3v) is 2.69. The van der Waals surface area contributed by atoms with E-state index in [2.05, 4.69) is 4.98 Å². The molecule has 112 valence electrons. The third-order valence-electron chi connectivity index (χ3n) is 2.47. The molecule has 4 N–H and O–H groups in total. The molecule has 0 aliphatic rings. The second kappa shape index (κ2) is 6.82. The smallest absolute Gasteiger partial charge is 0.395 e. The monoisotopic (exact) mass is 309 g/mol. The molecule has 1 aromatic rings. The Morgan fingerprint density at radius 3 is 2.20 bits per heavy atom. The molecular weight excluding hydrogens is 295 g/mol. The summed E-state index contributed by atoms with van der Waals surface area (Å²) < 4.78 is 38.1. The van der Waals surface area contributed by atoms with Crippen molar-refractivity contribution in [2.75, 3.05) is 31.2 Å². The molecule has 0 aromatic carbocycles. The molecule has 0 atom stereocenters. The van der Waals surface area contributed by atoms with Gasteiger partial charge in [-0.1, -0.05) is 12.2 Å². The molecule has 5 nitrogen and oxygen atoms in total. The van der Waals surface area contributed by atoms with Crippen molar-refractivity contribution < 1.29 is 23.4 Å². The number of nitrogens with two attached hydrogens (primary N) is 1. The highest BCUT2D eigenvalue weighted by Crippen LogP contribution is 2.30. The van der Waals surface area contributed by atoms with Crippen LogP contribution < -0.4 is 10.6 Å². The maximum atomic E-state index is 12.7. The first kappa shape index (κ1) is 16.6. The van der Waals surface area contributed by atoms with Gasteiger partial charge >= 0.3 is 6.18 Å². The number of aliphatic hydroxyl groups is 2. The fourth-order valence-electron chi connectivity index (χ4n) is 1.60. The summed E-state index contributed by atoms with van der Waals surface area (Å²) in [6, 6.07) is 1.92. The van der Waals surface area contributed by atoms with Crippen molar-refractivity contribution in [2.45, 2.75) is 6.18 Å². The van der Waals surface area contributed by atoms with Gasteiger partial charge in [0.1, 0.15) is 16.5 Å². The lowest BCUT2D eigenvalue weighted by Crippen LogP contribution is -2.33. The number of hydrogen-bond acceptors (Lipinski definition) is 5. The number of pyridine rings is 1. The van der Waals surface area contributed by atoms with E-state index in [4.69, 9.17) is 28.2 Å². The predicted octanol–water partition coefficient (Wildman–Crippen LogP) is 0.526. The lowest BCUT2D eigenvalue weighted by atomic mass is 10.2. The van der Waals surface area contributed by atoms with Crippen molar-refractivity contribution in [1.82, 2.24) is 4.98 Å². The van der Waals surface area contributed by atoms with Gasteiger partial charge in [0.15, 0.2) is 0 Å². The van der Waals surface area contributed by atoms with Crippen LogP contribution in [0.3, 0.4) is 0 Å². The van der Waals surface area contributed by atoms with E-state index < -0.39 is 11.9 Å². The summed E-state index contributed by atoms with van der Waals surface area (Å²) in [5.41, 5.74) is 4.53. The van der Waals surface area contributed by atoms with Crippen LogP contribution in [0.4, 0.5) is 19.0 Å². The average Bonchev–Trinajstić information content (AvgIpc) is 2.36. The minimum atomic E-state index is -4.60. The first-order valence-corrected chi connectivity index (χ1v) is 6.06. The summed E-state index contributed by atoms with van der Waals surface area (Å²) in [7, 11) is 0. The van der Waals surface area contributed by atoms with Gasteiger partial charge in [0.2, 0.25) is 0 Å². The first-order chi connectivity index (χ1) is 9.31. The highest BCUT2D eigenvalue weighted by Gasteiger charge is 2.33. The molecule has 0 unspecified atom stereocenters. The lowest BCUT2D eigenvalue weighted by Gasteiger charge is -2.25. The van der Waals surface area contributed by atoms with E-state index in [0.29, 0.717) is 0 Å². The number of anilines is 1. The number of rotatable bonds is 6. The van der Waals surface area contributed by atoms with Crippen LogP contribution in [0.5, 0.6) is 0 Å². The van der Waals surface area contributed by atoms with Crippen LogP contribution in [0.1, 0.15) is 11.3 Å². The number of halogens is 3. The van der Waals surface area contributed by atoms with Crippen molar-refractivity contribution in [3.8, 4) is 0 Å². The van der Waals surface area contributed by atoms with Crippen molar-refractivity contribution in [1.29, 1.82) is 0 Å². The molecule has 20 heavy (non-hydrogen) atoms. The molecule has 0 spiro atoms. The molecule has 0 fully saturated rings. The van der Waals surface area contributed by atoms with Crippen LogP contribution in [0.15, 0.2) is 12.1 Å². The summed E-state index contributed by atoms with van der Waals surface area (Å²) in [6.45, 7) is -0.613. The van der Waals surface area contributed by atoms with Crippen LogP contribution >= 0.6 is 12.2 Å². The van der Waals surface area contributed by atoms with Gasteiger partial charge in [0.05, 0.1) is 18.8 Å².